The van der Waals surface area contributed by atoms with E-state index < -0.39 is 29.0 Å². The van der Waals surface area contributed by atoms with Crippen molar-refractivity contribution in [2.75, 3.05) is 0 Å². The third-order valence-corrected chi connectivity index (χ3v) is 5.13. The van der Waals surface area contributed by atoms with Crippen molar-refractivity contribution in [2.45, 2.75) is 21.3 Å². The van der Waals surface area contributed by atoms with Crippen LogP contribution in [0.2, 0.25) is 0 Å². The molecule has 0 saturated heterocycles. The lowest BCUT2D eigenvalue weighted by Crippen LogP contribution is -1.86. The molecule has 0 aliphatic rings. The molecule has 0 aliphatic heterocycles. The van der Waals surface area contributed by atoms with Crippen LogP contribution in [0.5, 0.6) is 5.75 Å². The average Bonchev–Trinajstić information content (AvgIpc) is 3.20. The van der Waals surface area contributed by atoms with Crippen molar-refractivity contribution in [1.29, 1.82) is 0 Å². The Bertz CT molecular complexity index is 1140. The smallest absolute Gasteiger partial charge is 0.205 e. The van der Waals surface area contributed by atoms with Crippen LogP contribution in [0.15, 0.2) is 36.0 Å². The third kappa shape index (κ3) is 3.77. The van der Waals surface area contributed by atoms with Crippen LogP contribution in [-0.2, 0) is 0 Å². The Morgan fingerprint density at radius 3 is 1.86 bits per heavy atom. The molecular weight excluding hydrogens is 512 g/mol. The Hall–Kier alpha value is -2.00. The van der Waals surface area contributed by atoms with E-state index in [0.29, 0.717) is 26.8 Å². The van der Waals surface area contributed by atoms with E-state index in [0.717, 1.165) is 6.07 Å². The maximum absolute atomic E-state index is 13.2. The van der Waals surface area contributed by atoms with E-state index in [-0.39, 0.29) is 23.1 Å². The number of furan rings is 2. The predicted molar refractivity (Wildman–Crippen MR) is 106 cm³/mol. The zero-order valence-corrected chi connectivity index (χ0v) is 16.9. The molecule has 4 rings (SSSR count). The lowest BCUT2D eigenvalue weighted by Gasteiger charge is -2.00. The largest absolute Gasteiger partial charge is 0.504 e. The van der Waals surface area contributed by atoms with Gasteiger partial charge in [-0.2, -0.15) is 13.2 Å². The van der Waals surface area contributed by atoms with Crippen LogP contribution >= 0.6 is 31.9 Å². The summed E-state index contributed by atoms with van der Waals surface area (Å²) in [5, 5.41) is 10.1. The molecule has 0 amide bonds. The Morgan fingerprint density at radius 2 is 1.29 bits per heavy atom. The summed E-state index contributed by atoms with van der Waals surface area (Å²) in [5.41, 5.74) is -0.228. The van der Waals surface area contributed by atoms with Crippen molar-refractivity contribution in [3.63, 3.8) is 0 Å². The van der Waals surface area contributed by atoms with Crippen molar-refractivity contribution < 1.29 is 31.5 Å². The Kier molecular flexibility index (Phi) is 6.50. The van der Waals surface area contributed by atoms with Gasteiger partial charge in [0.25, 0.3) is 0 Å². The molecule has 28 heavy (non-hydrogen) atoms. The number of rotatable bonds is 0. The summed E-state index contributed by atoms with van der Waals surface area (Å²) < 4.78 is 62.7. The SMILES string of the molecule is C.Cc1cc2c(Br)c(O)c(F)c(F)c2o1.Cc1cc2c(Br)cc(F)c(F)c2o1. The van der Waals surface area contributed by atoms with Crippen LogP contribution in [-0.4, -0.2) is 5.11 Å². The van der Waals surface area contributed by atoms with E-state index in [4.69, 9.17) is 8.83 Å². The van der Waals surface area contributed by atoms with E-state index in [1.165, 1.54) is 6.07 Å². The third-order valence-electron chi connectivity index (χ3n) is 3.67. The van der Waals surface area contributed by atoms with Gasteiger partial charge in [0.1, 0.15) is 11.5 Å². The van der Waals surface area contributed by atoms with Gasteiger partial charge in [0.15, 0.2) is 22.7 Å². The van der Waals surface area contributed by atoms with E-state index in [1.54, 1.807) is 19.9 Å². The Morgan fingerprint density at radius 1 is 0.786 bits per heavy atom. The number of hydrogen-bond acceptors (Lipinski definition) is 3. The second kappa shape index (κ2) is 8.16. The number of phenols is 1. The molecule has 1 N–H and O–H groups in total. The summed E-state index contributed by atoms with van der Waals surface area (Å²) in [7, 11) is 0. The van der Waals surface area contributed by atoms with Crippen molar-refractivity contribution >= 4 is 53.8 Å². The lowest BCUT2D eigenvalue weighted by molar-refractivity contribution is 0.402. The fraction of sp³-hybridized carbons (Fsp3) is 0.158. The molecule has 0 fully saturated rings. The summed E-state index contributed by atoms with van der Waals surface area (Å²) in [6, 6.07) is 4.26. The first kappa shape index (κ1) is 22.3. The monoisotopic (exact) mass is 524 g/mol. The van der Waals surface area contributed by atoms with Gasteiger partial charge in [-0.3, -0.25) is 0 Å². The number of aromatic hydroxyl groups is 1. The second-order valence-electron chi connectivity index (χ2n) is 5.64. The standard InChI is InChI=1S/C9H5BrF2O2.C9H5BrF2O.CH4/c1-3-2-4-5(10)8(13)6(11)7(12)9(4)14-3;1-4-2-5-6(10)3-7(11)8(12)9(5)13-4;/h2,13H,1H3;2-3H,1H3;1H4. The van der Waals surface area contributed by atoms with Gasteiger partial charge in [0, 0.05) is 15.2 Å². The van der Waals surface area contributed by atoms with E-state index in [2.05, 4.69) is 31.9 Å². The van der Waals surface area contributed by atoms with Gasteiger partial charge in [-0.1, -0.05) is 7.43 Å². The molecule has 0 radical (unpaired) electrons. The fourth-order valence-electron chi connectivity index (χ4n) is 2.48. The van der Waals surface area contributed by atoms with Gasteiger partial charge in [0.05, 0.1) is 4.47 Å². The highest BCUT2D eigenvalue weighted by molar-refractivity contribution is 9.11. The van der Waals surface area contributed by atoms with Crippen molar-refractivity contribution in [2.24, 2.45) is 0 Å². The van der Waals surface area contributed by atoms with Gasteiger partial charge in [-0.05, 0) is 63.9 Å². The summed E-state index contributed by atoms with van der Waals surface area (Å²) in [4.78, 5) is 0. The first-order valence-electron chi connectivity index (χ1n) is 7.41. The first-order valence-corrected chi connectivity index (χ1v) is 8.99. The summed E-state index contributed by atoms with van der Waals surface area (Å²) >= 11 is 6.09. The predicted octanol–water partition coefficient (Wildman–Crippen LogP) is 7.91. The van der Waals surface area contributed by atoms with Crippen LogP contribution in [0, 0.1) is 37.1 Å². The van der Waals surface area contributed by atoms with E-state index >= 15 is 0 Å². The van der Waals surface area contributed by atoms with Gasteiger partial charge in [-0.25, -0.2) is 4.39 Å². The molecule has 0 unspecified atom stereocenters. The molecule has 0 bridgehead atoms. The van der Waals surface area contributed by atoms with Crippen molar-refractivity contribution in [3.8, 4) is 5.75 Å². The highest BCUT2D eigenvalue weighted by atomic mass is 79.9. The maximum Gasteiger partial charge on any atom is 0.205 e. The van der Waals surface area contributed by atoms with E-state index in [9.17, 15) is 22.7 Å². The fourth-order valence-corrected chi connectivity index (χ4v) is 3.45. The van der Waals surface area contributed by atoms with Crippen LogP contribution in [0.3, 0.4) is 0 Å². The van der Waals surface area contributed by atoms with Crippen LogP contribution in [0.4, 0.5) is 17.6 Å². The maximum atomic E-state index is 13.2. The van der Waals surface area contributed by atoms with Crippen molar-refractivity contribution in [1.82, 2.24) is 0 Å². The van der Waals surface area contributed by atoms with Crippen LogP contribution < -0.4 is 0 Å². The zero-order chi connectivity index (χ0) is 20.0. The Balaban J connectivity index is 0.000000194. The van der Waals surface area contributed by atoms with Crippen LogP contribution in [0.1, 0.15) is 18.9 Å². The molecule has 2 heterocycles. The van der Waals surface area contributed by atoms with Crippen LogP contribution in [0.25, 0.3) is 21.9 Å². The number of halogens is 6. The number of benzene rings is 2. The molecule has 2 aromatic carbocycles. The van der Waals surface area contributed by atoms with Gasteiger partial charge >= 0.3 is 0 Å². The average molecular weight is 526 g/mol. The molecule has 0 atom stereocenters. The molecule has 0 spiro atoms. The highest BCUT2D eigenvalue weighted by Gasteiger charge is 2.21. The quantitative estimate of drug-likeness (QED) is 0.187. The topological polar surface area (TPSA) is 46.5 Å². The molecule has 0 saturated carbocycles. The molecule has 0 aliphatic carbocycles. The molecule has 2 aromatic heterocycles. The van der Waals surface area contributed by atoms with Gasteiger partial charge < -0.3 is 13.9 Å². The highest BCUT2D eigenvalue weighted by Crippen LogP contribution is 2.38. The summed E-state index contributed by atoms with van der Waals surface area (Å²) in [6.45, 7) is 3.30. The van der Waals surface area contributed by atoms with Gasteiger partial charge in [-0.15, -0.1) is 0 Å². The van der Waals surface area contributed by atoms with E-state index in [1.807, 2.05) is 0 Å². The first-order chi connectivity index (χ1) is 12.6. The summed E-state index contributed by atoms with van der Waals surface area (Å²) in [6.07, 6.45) is 0. The minimum Gasteiger partial charge on any atom is -0.504 e. The molecular formula is C19H14Br2F4O3. The molecule has 4 aromatic rings. The second-order valence-corrected chi connectivity index (χ2v) is 7.29. The lowest BCUT2D eigenvalue weighted by atomic mass is 10.2. The minimum absolute atomic E-state index is 0. The number of hydrogen-bond donors (Lipinski definition) is 1. The van der Waals surface area contributed by atoms with Crippen molar-refractivity contribution in [3.05, 3.63) is 61.9 Å². The summed E-state index contributed by atoms with van der Waals surface area (Å²) in [5.74, 6) is -4.06. The number of aryl methyl sites for hydroxylation is 2. The molecule has 9 heteroatoms. The Labute approximate surface area is 174 Å². The molecule has 3 nitrogen and oxygen atoms in total. The zero-order valence-electron chi connectivity index (χ0n) is 13.8. The molecule has 150 valence electrons. The minimum atomic E-state index is -1.31. The number of fused-ring (bicyclic) bond motifs is 2. The van der Waals surface area contributed by atoms with Gasteiger partial charge in [0.2, 0.25) is 17.5 Å². The normalized spacial score (nSPS) is 10.7. The number of phenolic OH excluding ortho intramolecular Hbond substituents is 1.